The van der Waals surface area contributed by atoms with Gasteiger partial charge < -0.3 is 23.5 Å². The SMILES string of the molecule is COC(=O)C1=C(C(=O)OC)N(c2ccc(Cl)c(-c3cnco3)c2)COC1. The fourth-order valence-corrected chi connectivity index (χ4v) is 2.78. The van der Waals surface area contributed by atoms with Crippen LogP contribution in [0.15, 0.2) is 46.5 Å². The number of benzene rings is 1. The van der Waals surface area contributed by atoms with Crippen LogP contribution in [0, 0.1) is 0 Å². The summed E-state index contributed by atoms with van der Waals surface area (Å²) in [7, 11) is 2.47. The minimum Gasteiger partial charge on any atom is -0.466 e. The zero-order valence-electron chi connectivity index (χ0n) is 14.0. The zero-order chi connectivity index (χ0) is 18.7. The molecule has 0 bridgehead atoms. The van der Waals surface area contributed by atoms with Crippen molar-refractivity contribution in [2.24, 2.45) is 0 Å². The van der Waals surface area contributed by atoms with Crippen LogP contribution in [0.2, 0.25) is 5.02 Å². The molecule has 0 fully saturated rings. The number of ether oxygens (including phenoxy) is 3. The van der Waals surface area contributed by atoms with Gasteiger partial charge in [0.1, 0.15) is 12.4 Å². The molecule has 2 heterocycles. The van der Waals surface area contributed by atoms with Gasteiger partial charge in [-0.2, -0.15) is 0 Å². The Labute approximate surface area is 153 Å². The van der Waals surface area contributed by atoms with Crippen molar-refractivity contribution in [3.8, 4) is 11.3 Å². The number of carbonyl (C=O) groups is 2. The van der Waals surface area contributed by atoms with Gasteiger partial charge in [-0.1, -0.05) is 11.6 Å². The molecule has 0 atom stereocenters. The van der Waals surface area contributed by atoms with Crippen LogP contribution < -0.4 is 4.90 Å². The van der Waals surface area contributed by atoms with Crippen molar-refractivity contribution in [3.05, 3.63) is 47.1 Å². The first-order chi connectivity index (χ1) is 12.6. The van der Waals surface area contributed by atoms with E-state index in [4.69, 9.17) is 30.2 Å². The molecular weight excluding hydrogens is 364 g/mol. The first kappa shape index (κ1) is 18.0. The van der Waals surface area contributed by atoms with E-state index in [2.05, 4.69) is 4.98 Å². The third-order valence-corrected chi connectivity index (χ3v) is 4.12. The first-order valence-corrected chi connectivity index (χ1v) is 7.88. The monoisotopic (exact) mass is 378 g/mol. The van der Waals surface area contributed by atoms with Gasteiger partial charge in [-0.05, 0) is 18.2 Å². The molecule has 0 aliphatic carbocycles. The van der Waals surface area contributed by atoms with E-state index in [1.54, 1.807) is 18.2 Å². The summed E-state index contributed by atoms with van der Waals surface area (Å²) in [5.74, 6) is -0.879. The predicted molar refractivity (Wildman–Crippen MR) is 91.3 cm³/mol. The lowest BCUT2D eigenvalue weighted by atomic mass is 10.1. The molecule has 1 aromatic carbocycles. The molecular formula is C17H15ClN2O6. The number of esters is 2. The van der Waals surface area contributed by atoms with Crippen LogP contribution in [0.25, 0.3) is 11.3 Å². The van der Waals surface area contributed by atoms with Gasteiger partial charge in [-0.25, -0.2) is 14.6 Å². The van der Waals surface area contributed by atoms with Crippen molar-refractivity contribution in [2.75, 3.05) is 32.5 Å². The van der Waals surface area contributed by atoms with Gasteiger partial charge in [0.25, 0.3) is 0 Å². The van der Waals surface area contributed by atoms with Crippen molar-refractivity contribution < 1.29 is 28.2 Å². The third kappa shape index (κ3) is 3.29. The summed E-state index contributed by atoms with van der Waals surface area (Å²) >= 11 is 6.24. The number of halogens is 1. The Kier molecular flexibility index (Phi) is 5.24. The third-order valence-electron chi connectivity index (χ3n) is 3.79. The molecule has 9 heteroatoms. The predicted octanol–water partition coefficient (Wildman–Crippen LogP) is 2.39. The molecule has 0 amide bonds. The van der Waals surface area contributed by atoms with Crippen LogP contribution in [0.3, 0.4) is 0 Å². The number of nitrogens with zero attached hydrogens (tertiary/aromatic N) is 2. The Morgan fingerprint density at radius 1 is 1.23 bits per heavy atom. The number of aromatic nitrogens is 1. The highest BCUT2D eigenvalue weighted by Crippen LogP contribution is 2.34. The lowest BCUT2D eigenvalue weighted by Crippen LogP contribution is -2.38. The van der Waals surface area contributed by atoms with E-state index < -0.39 is 11.9 Å². The number of oxazole rings is 1. The number of anilines is 1. The highest BCUT2D eigenvalue weighted by atomic mass is 35.5. The van der Waals surface area contributed by atoms with E-state index in [1.165, 1.54) is 31.7 Å². The van der Waals surface area contributed by atoms with Gasteiger partial charge in [0.2, 0.25) is 0 Å². The van der Waals surface area contributed by atoms with Gasteiger partial charge in [0.15, 0.2) is 12.2 Å². The average molecular weight is 379 g/mol. The first-order valence-electron chi connectivity index (χ1n) is 7.50. The summed E-state index contributed by atoms with van der Waals surface area (Å²) < 4.78 is 20.3. The molecule has 136 valence electrons. The minimum atomic E-state index is -0.676. The summed E-state index contributed by atoms with van der Waals surface area (Å²) in [6.07, 6.45) is 2.81. The molecule has 3 rings (SSSR count). The molecule has 0 radical (unpaired) electrons. The standard InChI is InChI=1S/C17H15ClN2O6/c1-23-16(21)12-7-25-9-20(15(12)17(22)24-2)10-3-4-13(18)11(5-10)14-6-19-8-26-14/h3-6,8H,7,9H2,1-2H3. The van der Waals surface area contributed by atoms with E-state index in [1.807, 2.05) is 0 Å². The van der Waals surface area contributed by atoms with Crippen LogP contribution in [0.5, 0.6) is 0 Å². The number of carbonyl (C=O) groups excluding carboxylic acids is 2. The highest BCUT2D eigenvalue weighted by molar-refractivity contribution is 6.33. The number of hydrogen-bond acceptors (Lipinski definition) is 8. The molecule has 26 heavy (non-hydrogen) atoms. The Morgan fingerprint density at radius 3 is 2.65 bits per heavy atom. The fraction of sp³-hybridized carbons (Fsp3) is 0.235. The van der Waals surface area contributed by atoms with Crippen molar-refractivity contribution in [1.29, 1.82) is 0 Å². The normalized spacial score (nSPS) is 14.3. The topological polar surface area (TPSA) is 91.1 Å². The van der Waals surface area contributed by atoms with E-state index in [0.717, 1.165) is 0 Å². The van der Waals surface area contributed by atoms with Gasteiger partial charge in [-0.15, -0.1) is 0 Å². The zero-order valence-corrected chi connectivity index (χ0v) is 14.8. The molecule has 2 aromatic rings. The molecule has 1 aliphatic rings. The van der Waals surface area contributed by atoms with E-state index in [-0.39, 0.29) is 24.6 Å². The summed E-state index contributed by atoms with van der Waals surface area (Å²) in [4.78, 5) is 29.8. The van der Waals surface area contributed by atoms with Gasteiger partial charge in [0.05, 0.1) is 37.6 Å². The maximum atomic E-state index is 12.3. The van der Waals surface area contributed by atoms with Gasteiger partial charge >= 0.3 is 11.9 Å². The Bertz CT molecular complexity index is 862. The van der Waals surface area contributed by atoms with Crippen molar-refractivity contribution in [1.82, 2.24) is 4.98 Å². The molecule has 0 unspecified atom stereocenters. The van der Waals surface area contributed by atoms with E-state index in [9.17, 15) is 9.59 Å². The average Bonchev–Trinajstić information content (AvgIpc) is 3.21. The molecule has 8 nitrogen and oxygen atoms in total. The molecule has 0 saturated heterocycles. The van der Waals surface area contributed by atoms with Crippen LogP contribution in [-0.4, -0.2) is 44.5 Å². The molecule has 0 saturated carbocycles. The second-order valence-corrected chi connectivity index (χ2v) is 5.65. The van der Waals surface area contributed by atoms with Crippen molar-refractivity contribution in [2.45, 2.75) is 0 Å². The van der Waals surface area contributed by atoms with Crippen LogP contribution in [0.4, 0.5) is 5.69 Å². The van der Waals surface area contributed by atoms with E-state index in [0.29, 0.717) is 22.0 Å². The van der Waals surface area contributed by atoms with Gasteiger partial charge in [-0.3, -0.25) is 0 Å². The number of rotatable bonds is 4. The van der Waals surface area contributed by atoms with Crippen LogP contribution in [-0.2, 0) is 23.8 Å². The van der Waals surface area contributed by atoms with Crippen molar-refractivity contribution >= 4 is 29.2 Å². The molecule has 1 aliphatic heterocycles. The van der Waals surface area contributed by atoms with Gasteiger partial charge in [0, 0.05) is 11.3 Å². The second kappa shape index (κ2) is 7.59. The van der Waals surface area contributed by atoms with Crippen molar-refractivity contribution in [3.63, 3.8) is 0 Å². The summed E-state index contributed by atoms with van der Waals surface area (Å²) in [6, 6.07) is 5.04. The fourth-order valence-electron chi connectivity index (χ4n) is 2.57. The summed E-state index contributed by atoms with van der Waals surface area (Å²) in [6.45, 7) is -0.0153. The number of hydrogen-bond donors (Lipinski definition) is 0. The smallest absolute Gasteiger partial charge is 0.355 e. The lowest BCUT2D eigenvalue weighted by Gasteiger charge is -2.31. The molecule has 1 aromatic heterocycles. The number of methoxy groups -OCH3 is 2. The summed E-state index contributed by atoms with van der Waals surface area (Å²) in [5, 5.41) is 0.445. The molecule has 0 spiro atoms. The largest absolute Gasteiger partial charge is 0.466 e. The maximum Gasteiger partial charge on any atom is 0.355 e. The van der Waals surface area contributed by atoms with E-state index >= 15 is 0 Å². The highest BCUT2D eigenvalue weighted by Gasteiger charge is 2.32. The Morgan fingerprint density at radius 2 is 2.00 bits per heavy atom. The summed E-state index contributed by atoms with van der Waals surface area (Å²) in [5.41, 5.74) is 1.26. The van der Waals surface area contributed by atoms with Crippen LogP contribution >= 0.6 is 11.6 Å². The second-order valence-electron chi connectivity index (χ2n) is 5.25. The quantitative estimate of drug-likeness (QED) is 0.749. The lowest BCUT2D eigenvalue weighted by molar-refractivity contribution is -0.140. The van der Waals surface area contributed by atoms with Crippen LogP contribution in [0.1, 0.15) is 0 Å². The maximum absolute atomic E-state index is 12.3. The molecule has 0 N–H and O–H groups in total. The Balaban J connectivity index is 2.11. The minimum absolute atomic E-state index is 0.0441. The Hall–Kier alpha value is -2.84.